The number of nitrogens with zero attached hydrogens (tertiary/aromatic N) is 3. The number of carbonyl (C=O) groups excluding carboxylic acids is 2. The maximum atomic E-state index is 15.1. The van der Waals surface area contributed by atoms with Crippen molar-refractivity contribution in [2.75, 3.05) is 25.7 Å². The fraction of sp³-hybridized carbons (Fsp3) is 0.407. The van der Waals surface area contributed by atoms with Crippen LogP contribution in [0, 0.1) is 5.82 Å². The first-order valence-corrected chi connectivity index (χ1v) is 12.5. The highest BCUT2D eigenvalue weighted by Crippen LogP contribution is 2.48. The summed E-state index contributed by atoms with van der Waals surface area (Å²) in [5.41, 5.74) is 2.31. The Balaban J connectivity index is 1.66. The molecule has 0 spiro atoms. The maximum absolute atomic E-state index is 15.1. The summed E-state index contributed by atoms with van der Waals surface area (Å²) in [6.45, 7) is 6.03. The van der Waals surface area contributed by atoms with E-state index in [0.717, 1.165) is 16.5 Å². The van der Waals surface area contributed by atoms with Gasteiger partial charge in [-0.3, -0.25) is 4.79 Å². The number of hydrogen-bond donors (Lipinski definition) is 1. The number of esters is 1. The summed E-state index contributed by atoms with van der Waals surface area (Å²) in [5.74, 6) is -1.03. The molecule has 6 rings (SSSR count). The van der Waals surface area contributed by atoms with Crippen molar-refractivity contribution in [1.82, 2.24) is 14.9 Å². The normalized spacial score (nSPS) is 19.0. The van der Waals surface area contributed by atoms with Gasteiger partial charge in [0.05, 0.1) is 34.7 Å². The second-order valence-corrected chi connectivity index (χ2v) is 10.1. The Morgan fingerprint density at radius 3 is 2.71 bits per heavy atom. The number of amides is 1. The molecule has 3 aliphatic rings. The average Bonchev–Trinajstić information content (AvgIpc) is 3.45. The highest BCUT2D eigenvalue weighted by molar-refractivity contribution is 6.01. The van der Waals surface area contributed by atoms with Crippen LogP contribution in [0.25, 0.3) is 22.3 Å². The first-order valence-electron chi connectivity index (χ1n) is 12.5. The second kappa shape index (κ2) is 8.17. The van der Waals surface area contributed by atoms with Crippen molar-refractivity contribution in [3.05, 3.63) is 50.6 Å². The van der Waals surface area contributed by atoms with Crippen molar-refractivity contribution in [3.63, 3.8) is 0 Å². The Labute approximate surface area is 217 Å². The van der Waals surface area contributed by atoms with Gasteiger partial charge in [-0.15, -0.1) is 0 Å². The maximum Gasteiger partial charge on any atom is 0.408 e. The molecule has 198 valence electrons. The predicted octanol–water partition coefficient (Wildman–Crippen LogP) is 3.49. The van der Waals surface area contributed by atoms with E-state index in [1.54, 1.807) is 17.6 Å². The first-order chi connectivity index (χ1) is 18.1. The molecular weight excluding hydrogens is 495 g/mol. The van der Waals surface area contributed by atoms with Gasteiger partial charge in [0.2, 0.25) is 5.60 Å². The van der Waals surface area contributed by atoms with E-state index in [2.05, 4.69) is 5.32 Å². The third-order valence-electron chi connectivity index (χ3n) is 7.70. The zero-order chi connectivity index (χ0) is 27.1. The van der Waals surface area contributed by atoms with Crippen molar-refractivity contribution < 1.29 is 28.2 Å². The fourth-order valence-corrected chi connectivity index (χ4v) is 5.94. The van der Waals surface area contributed by atoms with Gasteiger partial charge in [-0.05, 0) is 24.0 Å². The van der Waals surface area contributed by atoms with Crippen LogP contribution in [0.5, 0.6) is 5.75 Å². The largest absolute Gasteiger partial charge is 0.468 e. The molecule has 0 saturated heterocycles. The number of rotatable bonds is 3. The van der Waals surface area contributed by atoms with Gasteiger partial charge in [0, 0.05) is 36.7 Å². The summed E-state index contributed by atoms with van der Waals surface area (Å²) in [7, 11) is 3.22. The molecule has 10 nitrogen and oxygen atoms in total. The summed E-state index contributed by atoms with van der Waals surface area (Å²) < 4.78 is 33.2. The molecule has 3 aliphatic heterocycles. The molecule has 0 saturated carbocycles. The highest BCUT2D eigenvalue weighted by Gasteiger charge is 2.50. The number of benzene rings is 1. The molecule has 1 aromatic carbocycles. The predicted molar refractivity (Wildman–Crippen MR) is 136 cm³/mol. The third-order valence-corrected chi connectivity index (χ3v) is 7.70. The molecule has 0 radical (unpaired) electrons. The van der Waals surface area contributed by atoms with Crippen LogP contribution < -0.4 is 20.5 Å². The number of cyclic esters (lactones) is 1. The monoisotopic (exact) mass is 522 g/mol. The zero-order valence-corrected chi connectivity index (χ0v) is 21.7. The molecule has 0 unspecified atom stereocenters. The lowest BCUT2D eigenvalue weighted by Crippen LogP contribution is -2.48. The highest BCUT2D eigenvalue weighted by atomic mass is 19.1. The van der Waals surface area contributed by atoms with Crippen molar-refractivity contribution in [1.29, 1.82) is 0 Å². The molecule has 38 heavy (non-hydrogen) atoms. The molecule has 1 atom stereocenters. The molecule has 2 aromatic heterocycles. The van der Waals surface area contributed by atoms with Crippen LogP contribution in [-0.4, -0.2) is 42.4 Å². The van der Waals surface area contributed by atoms with Gasteiger partial charge in [-0.25, -0.2) is 19.0 Å². The molecular formula is C27H27FN4O6. The van der Waals surface area contributed by atoms with Crippen LogP contribution in [0.15, 0.2) is 16.9 Å². The quantitative estimate of drug-likeness (QED) is 0.407. The van der Waals surface area contributed by atoms with Gasteiger partial charge in [0.25, 0.3) is 5.56 Å². The van der Waals surface area contributed by atoms with Gasteiger partial charge < -0.3 is 29.0 Å². The van der Waals surface area contributed by atoms with Gasteiger partial charge >= 0.3 is 12.1 Å². The molecule has 5 heterocycles. The third kappa shape index (κ3) is 3.04. The number of alkyl carbamates (subject to hydrolysis) is 1. The average molecular weight is 523 g/mol. The number of hydrogen-bond acceptors (Lipinski definition) is 8. The molecule has 0 bridgehead atoms. The molecule has 1 N–H and O–H groups in total. The minimum Gasteiger partial charge on any atom is -0.468 e. The van der Waals surface area contributed by atoms with Crippen LogP contribution in [0.4, 0.5) is 14.9 Å². The Hall–Kier alpha value is -4.15. The molecule has 0 fully saturated rings. The van der Waals surface area contributed by atoms with Gasteiger partial charge in [0.1, 0.15) is 6.61 Å². The topological polar surface area (TPSA) is 112 Å². The summed E-state index contributed by atoms with van der Waals surface area (Å²) in [6, 6.07) is 3.05. The van der Waals surface area contributed by atoms with E-state index in [4.69, 9.17) is 19.2 Å². The van der Waals surface area contributed by atoms with E-state index in [9.17, 15) is 14.4 Å². The Morgan fingerprint density at radius 1 is 1.26 bits per heavy atom. The van der Waals surface area contributed by atoms with E-state index >= 15 is 4.39 Å². The number of halogens is 1. The Bertz CT molecular complexity index is 1630. The van der Waals surface area contributed by atoms with E-state index < -0.39 is 23.5 Å². The first kappa shape index (κ1) is 24.2. The van der Waals surface area contributed by atoms with Crippen LogP contribution in [0.1, 0.15) is 55.4 Å². The summed E-state index contributed by atoms with van der Waals surface area (Å²) in [5, 5.41) is 3.16. The number of nitrogens with one attached hydrogen (secondary N) is 1. The fourth-order valence-electron chi connectivity index (χ4n) is 5.94. The number of carbonyl (C=O) groups is 2. The van der Waals surface area contributed by atoms with E-state index in [1.807, 2.05) is 25.8 Å². The van der Waals surface area contributed by atoms with Crippen LogP contribution in [0.2, 0.25) is 0 Å². The zero-order valence-electron chi connectivity index (χ0n) is 21.7. The number of anilines is 1. The lowest BCUT2D eigenvalue weighted by Gasteiger charge is -2.35. The number of ether oxygens (including phenoxy) is 3. The summed E-state index contributed by atoms with van der Waals surface area (Å²) >= 11 is 0. The van der Waals surface area contributed by atoms with E-state index in [0.29, 0.717) is 22.6 Å². The van der Waals surface area contributed by atoms with Crippen LogP contribution in [-0.2, 0) is 33.0 Å². The van der Waals surface area contributed by atoms with Crippen molar-refractivity contribution >= 4 is 28.7 Å². The lowest BCUT2D eigenvalue weighted by atomic mass is 9.85. The minimum atomic E-state index is -1.78. The van der Waals surface area contributed by atoms with E-state index in [-0.39, 0.29) is 54.7 Å². The molecule has 1 amide bonds. The van der Waals surface area contributed by atoms with Gasteiger partial charge in [-0.2, -0.15) is 0 Å². The van der Waals surface area contributed by atoms with Crippen molar-refractivity contribution in [2.45, 2.75) is 51.9 Å². The summed E-state index contributed by atoms with van der Waals surface area (Å²) in [6.07, 6.45) is -0.756. The van der Waals surface area contributed by atoms with Gasteiger partial charge in [-0.1, -0.05) is 20.8 Å². The molecule has 3 aromatic rings. The molecule has 11 heteroatoms. The molecule has 0 aliphatic carbocycles. The van der Waals surface area contributed by atoms with Crippen molar-refractivity contribution in [3.8, 4) is 17.1 Å². The number of aromatic nitrogens is 2. The number of fused-ring (bicyclic) bond motifs is 7. The Morgan fingerprint density at radius 2 is 2.03 bits per heavy atom. The Kier molecular flexibility index (Phi) is 5.21. The lowest BCUT2D eigenvalue weighted by molar-refractivity contribution is -0.172. The van der Waals surface area contributed by atoms with Crippen LogP contribution in [0.3, 0.4) is 0 Å². The second-order valence-electron chi connectivity index (χ2n) is 10.1. The number of pyridine rings is 2. The smallest absolute Gasteiger partial charge is 0.408 e. The van der Waals surface area contributed by atoms with Crippen LogP contribution >= 0.6 is 0 Å². The van der Waals surface area contributed by atoms with Gasteiger partial charge in [0.15, 0.2) is 18.3 Å². The SMILES string of the molecule is CC[C@@]1(OC(=O)NC)C(=O)OCc2c1cc1n(c2=O)Cc2c-1nc1cc(F)c3c(c1c2C(C)C)N(C)CO3. The summed E-state index contributed by atoms with van der Waals surface area (Å²) in [4.78, 5) is 45.8. The minimum absolute atomic E-state index is 0.0219. The van der Waals surface area contributed by atoms with Crippen molar-refractivity contribution in [2.24, 2.45) is 0 Å². The standard InChI is InChI=1S/C27H27FN4O6/c1-6-27(38-26(35)29-4)15-7-18-21-13(9-32(18)24(33)14(15)10-36-25(27)34)19(12(2)3)20-17(30-21)8-16(28)23-22(20)31(5)11-37-23/h7-8,12H,6,9-11H2,1-5H3,(H,29,35)/t27-/m0/s1. The van der Waals surface area contributed by atoms with E-state index in [1.165, 1.54) is 13.1 Å².